The minimum Gasteiger partial charge on any atom is -0.313 e. The van der Waals surface area contributed by atoms with Crippen molar-refractivity contribution < 1.29 is 0 Å². The average molecular weight is 291 g/mol. The molecule has 1 N–H and O–H groups in total. The highest BCUT2D eigenvalue weighted by molar-refractivity contribution is 7.99. The first-order valence-electron chi connectivity index (χ1n) is 6.92. The van der Waals surface area contributed by atoms with Gasteiger partial charge in [-0.3, -0.25) is 0 Å². The molecule has 0 radical (unpaired) electrons. The standard InChI is InChI=1S/C14H21N5S/c1-4-15-13(11(2)3)10-20-14-16-17-18-19(14)12-8-6-5-7-9-12/h5-9,11,13,15H,4,10H2,1-3H3. The van der Waals surface area contributed by atoms with Crippen molar-refractivity contribution in [1.29, 1.82) is 0 Å². The van der Waals surface area contributed by atoms with Crippen molar-refractivity contribution >= 4 is 11.8 Å². The van der Waals surface area contributed by atoms with Crippen LogP contribution in [-0.4, -0.2) is 38.5 Å². The van der Waals surface area contributed by atoms with Crippen LogP contribution in [0.4, 0.5) is 0 Å². The van der Waals surface area contributed by atoms with Crippen molar-refractivity contribution in [2.75, 3.05) is 12.3 Å². The molecule has 1 unspecified atom stereocenters. The van der Waals surface area contributed by atoms with Crippen LogP contribution in [0.2, 0.25) is 0 Å². The van der Waals surface area contributed by atoms with E-state index in [2.05, 4.69) is 41.6 Å². The smallest absolute Gasteiger partial charge is 0.214 e. The molecule has 5 nitrogen and oxygen atoms in total. The van der Waals surface area contributed by atoms with Crippen molar-refractivity contribution in [3.8, 4) is 5.69 Å². The maximum atomic E-state index is 4.12. The molecule has 1 aromatic heterocycles. The number of tetrazole rings is 1. The van der Waals surface area contributed by atoms with Gasteiger partial charge in [0.25, 0.3) is 0 Å². The van der Waals surface area contributed by atoms with E-state index in [1.807, 2.05) is 30.3 Å². The first kappa shape index (κ1) is 15.0. The summed E-state index contributed by atoms with van der Waals surface area (Å²) in [5.41, 5.74) is 0.990. The number of thioether (sulfide) groups is 1. The zero-order valence-corrected chi connectivity index (χ0v) is 13.0. The monoisotopic (exact) mass is 291 g/mol. The molecule has 2 aromatic rings. The molecule has 2 rings (SSSR count). The third-order valence-electron chi connectivity index (χ3n) is 3.10. The van der Waals surface area contributed by atoms with Gasteiger partial charge >= 0.3 is 0 Å². The zero-order valence-electron chi connectivity index (χ0n) is 12.2. The molecule has 0 fully saturated rings. The summed E-state index contributed by atoms with van der Waals surface area (Å²) in [6.07, 6.45) is 0. The SMILES string of the molecule is CCNC(CSc1nnnn1-c1ccccc1)C(C)C. The van der Waals surface area contributed by atoms with Crippen molar-refractivity contribution in [2.45, 2.75) is 32.0 Å². The van der Waals surface area contributed by atoms with E-state index in [0.29, 0.717) is 12.0 Å². The Labute approximate surface area is 124 Å². The third kappa shape index (κ3) is 3.80. The van der Waals surface area contributed by atoms with Gasteiger partial charge in [-0.15, -0.1) is 5.10 Å². The summed E-state index contributed by atoms with van der Waals surface area (Å²) < 4.78 is 1.79. The van der Waals surface area contributed by atoms with E-state index >= 15 is 0 Å². The molecule has 0 spiro atoms. The molecule has 0 aliphatic rings. The summed E-state index contributed by atoms with van der Waals surface area (Å²) in [5, 5.41) is 16.3. The summed E-state index contributed by atoms with van der Waals surface area (Å²) in [7, 11) is 0. The Hall–Kier alpha value is -1.40. The van der Waals surface area contributed by atoms with Gasteiger partial charge in [0.1, 0.15) is 0 Å². The van der Waals surface area contributed by atoms with E-state index in [0.717, 1.165) is 23.1 Å². The van der Waals surface area contributed by atoms with Gasteiger partial charge in [-0.1, -0.05) is 50.7 Å². The number of hydrogen-bond donors (Lipinski definition) is 1. The van der Waals surface area contributed by atoms with E-state index in [4.69, 9.17) is 0 Å². The summed E-state index contributed by atoms with van der Waals surface area (Å²) >= 11 is 1.69. The topological polar surface area (TPSA) is 55.6 Å². The van der Waals surface area contributed by atoms with Crippen LogP contribution >= 0.6 is 11.8 Å². The van der Waals surface area contributed by atoms with Gasteiger partial charge < -0.3 is 5.32 Å². The van der Waals surface area contributed by atoms with Crippen LogP contribution in [0.25, 0.3) is 5.69 Å². The largest absolute Gasteiger partial charge is 0.313 e. The molecule has 0 amide bonds. The van der Waals surface area contributed by atoms with Crippen LogP contribution in [-0.2, 0) is 0 Å². The molecule has 108 valence electrons. The van der Waals surface area contributed by atoms with Gasteiger partial charge in [-0.05, 0) is 35.0 Å². The number of nitrogens with zero attached hydrogens (tertiary/aromatic N) is 4. The lowest BCUT2D eigenvalue weighted by Crippen LogP contribution is -2.35. The molecule has 0 aliphatic carbocycles. The quantitative estimate of drug-likeness (QED) is 0.794. The first-order valence-corrected chi connectivity index (χ1v) is 7.91. The van der Waals surface area contributed by atoms with E-state index in [9.17, 15) is 0 Å². The maximum Gasteiger partial charge on any atom is 0.214 e. The van der Waals surface area contributed by atoms with Crippen LogP contribution < -0.4 is 5.32 Å². The lowest BCUT2D eigenvalue weighted by Gasteiger charge is -2.20. The number of hydrogen-bond acceptors (Lipinski definition) is 5. The predicted molar refractivity (Wildman–Crippen MR) is 82.2 cm³/mol. The number of aromatic nitrogens is 4. The van der Waals surface area contributed by atoms with Gasteiger partial charge in [0.05, 0.1) is 5.69 Å². The number of para-hydroxylation sites is 1. The molecular weight excluding hydrogens is 270 g/mol. The van der Waals surface area contributed by atoms with Gasteiger partial charge in [0.15, 0.2) is 0 Å². The Bertz CT molecular complexity index is 511. The average Bonchev–Trinajstić information content (AvgIpc) is 2.92. The van der Waals surface area contributed by atoms with Crippen LogP contribution in [0, 0.1) is 5.92 Å². The molecule has 20 heavy (non-hydrogen) atoms. The fraction of sp³-hybridized carbons (Fsp3) is 0.500. The Kier molecular flexibility index (Phi) is 5.55. The van der Waals surface area contributed by atoms with Gasteiger partial charge in [-0.25, -0.2) is 0 Å². The molecule has 1 heterocycles. The van der Waals surface area contributed by atoms with E-state index in [1.54, 1.807) is 16.4 Å². The molecule has 1 atom stereocenters. The van der Waals surface area contributed by atoms with Gasteiger partial charge in [0, 0.05) is 11.8 Å². The third-order valence-corrected chi connectivity index (χ3v) is 4.14. The molecule has 1 aromatic carbocycles. The highest BCUT2D eigenvalue weighted by Crippen LogP contribution is 2.20. The Morgan fingerprint density at radius 1 is 1.25 bits per heavy atom. The lowest BCUT2D eigenvalue weighted by atomic mass is 10.1. The Morgan fingerprint density at radius 3 is 2.65 bits per heavy atom. The fourth-order valence-corrected chi connectivity index (χ4v) is 3.10. The van der Waals surface area contributed by atoms with Crippen LogP contribution in [0.15, 0.2) is 35.5 Å². The summed E-state index contributed by atoms with van der Waals surface area (Å²) in [4.78, 5) is 0. The first-order chi connectivity index (χ1) is 9.72. The minimum absolute atomic E-state index is 0.464. The number of benzene rings is 1. The Morgan fingerprint density at radius 2 is 2.00 bits per heavy atom. The Balaban J connectivity index is 2.06. The summed E-state index contributed by atoms with van der Waals surface area (Å²) in [5.74, 6) is 1.54. The molecule has 0 aliphatic heterocycles. The van der Waals surface area contributed by atoms with Crippen molar-refractivity contribution in [3.63, 3.8) is 0 Å². The van der Waals surface area contributed by atoms with Gasteiger partial charge in [0.2, 0.25) is 5.16 Å². The molecule has 0 bridgehead atoms. The fourth-order valence-electron chi connectivity index (χ4n) is 1.91. The minimum atomic E-state index is 0.464. The number of nitrogens with one attached hydrogen (secondary N) is 1. The van der Waals surface area contributed by atoms with E-state index in [1.165, 1.54) is 0 Å². The summed E-state index contributed by atoms with van der Waals surface area (Å²) in [6, 6.07) is 10.4. The highest BCUT2D eigenvalue weighted by Gasteiger charge is 2.15. The van der Waals surface area contributed by atoms with Crippen LogP contribution in [0.5, 0.6) is 0 Å². The van der Waals surface area contributed by atoms with Crippen molar-refractivity contribution in [1.82, 2.24) is 25.5 Å². The normalized spacial score (nSPS) is 12.8. The molecule has 0 saturated carbocycles. The molecular formula is C14H21N5S. The maximum absolute atomic E-state index is 4.12. The van der Waals surface area contributed by atoms with Crippen molar-refractivity contribution in [2.24, 2.45) is 5.92 Å². The molecule has 0 saturated heterocycles. The second kappa shape index (κ2) is 7.40. The summed E-state index contributed by atoms with van der Waals surface area (Å²) in [6.45, 7) is 7.57. The van der Waals surface area contributed by atoms with E-state index < -0.39 is 0 Å². The van der Waals surface area contributed by atoms with E-state index in [-0.39, 0.29) is 0 Å². The predicted octanol–water partition coefficient (Wildman–Crippen LogP) is 2.39. The number of rotatable bonds is 7. The highest BCUT2D eigenvalue weighted by atomic mass is 32.2. The lowest BCUT2D eigenvalue weighted by molar-refractivity contribution is 0.443. The van der Waals surface area contributed by atoms with Crippen molar-refractivity contribution in [3.05, 3.63) is 30.3 Å². The second-order valence-corrected chi connectivity index (χ2v) is 5.92. The molecule has 6 heteroatoms. The van der Waals surface area contributed by atoms with Gasteiger partial charge in [-0.2, -0.15) is 4.68 Å². The second-order valence-electron chi connectivity index (χ2n) is 4.93. The van der Waals surface area contributed by atoms with Crippen LogP contribution in [0.3, 0.4) is 0 Å². The zero-order chi connectivity index (χ0) is 14.4. The van der Waals surface area contributed by atoms with Crippen LogP contribution in [0.1, 0.15) is 20.8 Å².